The summed E-state index contributed by atoms with van der Waals surface area (Å²) in [7, 11) is -3.41. The predicted octanol–water partition coefficient (Wildman–Crippen LogP) is 2.52. The molecule has 6 heteroatoms. The van der Waals surface area contributed by atoms with Crippen LogP contribution in [-0.2, 0) is 10.0 Å². The largest absolute Gasteiger partial charge is 0.367 e. The Labute approximate surface area is 144 Å². The molecule has 5 nitrogen and oxygen atoms in total. The molecule has 24 heavy (non-hydrogen) atoms. The Bertz CT molecular complexity index is 824. The molecule has 1 aliphatic rings. The number of pyridine rings is 1. The van der Waals surface area contributed by atoms with Crippen LogP contribution < -0.4 is 4.90 Å². The van der Waals surface area contributed by atoms with E-state index < -0.39 is 10.0 Å². The summed E-state index contributed by atoms with van der Waals surface area (Å²) in [6.45, 7) is 8.33. The number of aromatic nitrogens is 1. The zero-order chi connectivity index (χ0) is 17.3. The lowest BCUT2D eigenvalue weighted by Crippen LogP contribution is -2.48. The van der Waals surface area contributed by atoms with Crippen LogP contribution in [0.5, 0.6) is 0 Å². The maximum Gasteiger partial charge on any atom is 0.243 e. The minimum absolute atomic E-state index is 0.370. The molecule has 2 heterocycles. The Morgan fingerprint density at radius 3 is 2.17 bits per heavy atom. The second kappa shape index (κ2) is 6.53. The molecular formula is C18H23N3O2S. The number of sulfonamides is 1. The van der Waals surface area contributed by atoms with E-state index >= 15 is 0 Å². The van der Waals surface area contributed by atoms with Crippen molar-refractivity contribution in [3.63, 3.8) is 0 Å². The van der Waals surface area contributed by atoms with E-state index in [1.54, 1.807) is 16.4 Å². The van der Waals surface area contributed by atoms with Crippen molar-refractivity contribution in [1.82, 2.24) is 9.29 Å². The lowest BCUT2D eigenvalue weighted by molar-refractivity contribution is 0.384. The third-order valence-electron chi connectivity index (χ3n) is 4.46. The lowest BCUT2D eigenvalue weighted by Gasteiger charge is -2.36. The molecule has 0 radical (unpaired) electrons. The summed E-state index contributed by atoms with van der Waals surface area (Å²) in [5.41, 5.74) is 4.32. The SMILES string of the molecule is Cc1ccc(S(=O)(=O)N2CCN(c3cnc(C)cc3C)CC2)cc1. The summed E-state index contributed by atoms with van der Waals surface area (Å²) in [5.74, 6) is 0. The van der Waals surface area contributed by atoms with Gasteiger partial charge in [0.1, 0.15) is 0 Å². The van der Waals surface area contributed by atoms with Crippen LogP contribution >= 0.6 is 0 Å². The van der Waals surface area contributed by atoms with Crippen LogP contribution in [0.2, 0.25) is 0 Å². The number of piperazine rings is 1. The first-order valence-corrected chi connectivity index (χ1v) is 9.57. The van der Waals surface area contributed by atoms with Crippen LogP contribution in [0.15, 0.2) is 41.4 Å². The van der Waals surface area contributed by atoms with Gasteiger partial charge in [-0.15, -0.1) is 0 Å². The van der Waals surface area contributed by atoms with Gasteiger partial charge in [0.05, 0.1) is 16.8 Å². The van der Waals surface area contributed by atoms with Crippen molar-refractivity contribution < 1.29 is 8.42 Å². The Morgan fingerprint density at radius 2 is 1.58 bits per heavy atom. The molecule has 0 bridgehead atoms. The second-order valence-corrected chi connectivity index (χ2v) is 8.25. The fraction of sp³-hybridized carbons (Fsp3) is 0.389. The highest BCUT2D eigenvalue weighted by Crippen LogP contribution is 2.23. The van der Waals surface area contributed by atoms with Gasteiger partial charge in [-0.1, -0.05) is 17.7 Å². The monoisotopic (exact) mass is 345 g/mol. The number of aryl methyl sites for hydroxylation is 3. The van der Waals surface area contributed by atoms with E-state index in [1.165, 1.54) is 5.56 Å². The lowest BCUT2D eigenvalue weighted by atomic mass is 10.2. The minimum Gasteiger partial charge on any atom is -0.367 e. The van der Waals surface area contributed by atoms with E-state index in [4.69, 9.17) is 0 Å². The molecule has 0 amide bonds. The van der Waals surface area contributed by atoms with E-state index in [0.717, 1.165) is 16.9 Å². The molecule has 1 aliphatic heterocycles. The van der Waals surface area contributed by atoms with Crippen LogP contribution in [0.3, 0.4) is 0 Å². The Kier molecular flexibility index (Phi) is 4.60. The second-order valence-electron chi connectivity index (χ2n) is 6.32. The molecule has 0 atom stereocenters. The Balaban J connectivity index is 1.73. The van der Waals surface area contributed by atoms with Gasteiger partial charge in [-0.25, -0.2) is 8.42 Å². The number of hydrogen-bond acceptors (Lipinski definition) is 4. The molecule has 0 saturated carbocycles. The number of nitrogens with zero attached hydrogens (tertiary/aromatic N) is 3. The van der Waals surface area contributed by atoms with Gasteiger partial charge < -0.3 is 4.90 Å². The number of benzene rings is 1. The van der Waals surface area contributed by atoms with Crippen molar-refractivity contribution in [2.45, 2.75) is 25.7 Å². The van der Waals surface area contributed by atoms with E-state index in [9.17, 15) is 8.42 Å². The van der Waals surface area contributed by atoms with E-state index in [1.807, 2.05) is 32.2 Å². The molecule has 128 valence electrons. The first kappa shape index (κ1) is 16.9. The third-order valence-corrected chi connectivity index (χ3v) is 6.37. The smallest absolute Gasteiger partial charge is 0.243 e. The van der Waals surface area contributed by atoms with Gasteiger partial charge in [0.2, 0.25) is 10.0 Å². The number of rotatable bonds is 3. The maximum absolute atomic E-state index is 12.7. The van der Waals surface area contributed by atoms with Crippen LogP contribution in [-0.4, -0.2) is 43.9 Å². The van der Waals surface area contributed by atoms with Crippen molar-refractivity contribution >= 4 is 15.7 Å². The average Bonchev–Trinajstić information content (AvgIpc) is 2.55. The first-order valence-electron chi connectivity index (χ1n) is 8.13. The summed E-state index contributed by atoms with van der Waals surface area (Å²) >= 11 is 0. The third kappa shape index (κ3) is 3.30. The summed E-state index contributed by atoms with van der Waals surface area (Å²) in [6.07, 6.45) is 1.88. The fourth-order valence-corrected chi connectivity index (χ4v) is 4.47. The predicted molar refractivity (Wildman–Crippen MR) is 95.9 cm³/mol. The normalized spacial score (nSPS) is 16.4. The number of anilines is 1. The standard InChI is InChI=1S/C18H23N3O2S/c1-14-4-6-17(7-5-14)24(22,23)21-10-8-20(9-11-21)18-13-19-16(3)12-15(18)2/h4-7,12-13H,8-11H2,1-3H3. The molecule has 1 saturated heterocycles. The maximum atomic E-state index is 12.7. The van der Waals surface area contributed by atoms with Crippen molar-refractivity contribution in [3.8, 4) is 0 Å². The van der Waals surface area contributed by atoms with Crippen molar-refractivity contribution in [2.24, 2.45) is 0 Å². The molecule has 0 N–H and O–H groups in total. The quantitative estimate of drug-likeness (QED) is 0.858. The molecule has 3 rings (SSSR count). The van der Waals surface area contributed by atoms with Gasteiger partial charge in [0.15, 0.2) is 0 Å². The summed E-state index contributed by atoms with van der Waals surface area (Å²) in [4.78, 5) is 6.95. The van der Waals surface area contributed by atoms with Crippen LogP contribution in [0.25, 0.3) is 0 Å². The molecular weight excluding hydrogens is 322 g/mol. The molecule has 0 aliphatic carbocycles. The highest BCUT2D eigenvalue weighted by molar-refractivity contribution is 7.89. The van der Waals surface area contributed by atoms with Gasteiger partial charge in [-0.05, 0) is 44.5 Å². The van der Waals surface area contributed by atoms with Crippen molar-refractivity contribution in [3.05, 3.63) is 53.3 Å². The average molecular weight is 345 g/mol. The zero-order valence-corrected chi connectivity index (χ0v) is 15.2. The summed E-state index contributed by atoms with van der Waals surface area (Å²) < 4.78 is 27.1. The van der Waals surface area contributed by atoms with Crippen LogP contribution in [0.4, 0.5) is 5.69 Å². The molecule has 0 unspecified atom stereocenters. The van der Waals surface area contributed by atoms with E-state index in [-0.39, 0.29) is 0 Å². The molecule has 0 spiro atoms. The Hall–Kier alpha value is -1.92. The van der Waals surface area contributed by atoms with Gasteiger partial charge in [0, 0.05) is 31.9 Å². The van der Waals surface area contributed by atoms with Gasteiger partial charge >= 0.3 is 0 Å². The first-order chi connectivity index (χ1) is 11.4. The summed E-state index contributed by atoms with van der Waals surface area (Å²) in [5, 5.41) is 0. The van der Waals surface area contributed by atoms with Crippen molar-refractivity contribution in [2.75, 3.05) is 31.1 Å². The highest BCUT2D eigenvalue weighted by Gasteiger charge is 2.28. The van der Waals surface area contributed by atoms with Crippen molar-refractivity contribution in [1.29, 1.82) is 0 Å². The van der Waals surface area contributed by atoms with E-state index in [0.29, 0.717) is 31.1 Å². The van der Waals surface area contributed by atoms with Gasteiger partial charge in [-0.2, -0.15) is 4.31 Å². The zero-order valence-electron chi connectivity index (χ0n) is 14.4. The number of hydrogen-bond donors (Lipinski definition) is 0. The Morgan fingerprint density at radius 1 is 0.958 bits per heavy atom. The molecule has 1 fully saturated rings. The molecule has 1 aromatic heterocycles. The van der Waals surface area contributed by atoms with Gasteiger partial charge in [0.25, 0.3) is 0 Å². The summed E-state index contributed by atoms with van der Waals surface area (Å²) in [6, 6.07) is 9.11. The highest BCUT2D eigenvalue weighted by atomic mass is 32.2. The van der Waals surface area contributed by atoms with Gasteiger partial charge in [-0.3, -0.25) is 4.98 Å². The molecule has 1 aromatic carbocycles. The van der Waals surface area contributed by atoms with Crippen LogP contribution in [0.1, 0.15) is 16.8 Å². The van der Waals surface area contributed by atoms with E-state index in [2.05, 4.69) is 22.9 Å². The minimum atomic E-state index is -3.41. The topological polar surface area (TPSA) is 53.5 Å². The van der Waals surface area contributed by atoms with Crippen LogP contribution in [0, 0.1) is 20.8 Å². The fourth-order valence-electron chi connectivity index (χ4n) is 3.05. The molecule has 2 aromatic rings.